The third-order valence-electron chi connectivity index (χ3n) is 1.96. The van der Waals surface area contributed by atoms with Gasteiger partial charge in [-0.25, -0.2) is 0 Å². The molecule has 1 aromatic rings. The Morgan fingerprint density at radius 2 is 1.88 bits per heavy atom. The molecule has 0 atom stereocenters. The molecule has 92 valence electrons. The number of alkyl halides is 1. The quantitative estimate of drug-likeness (QED) is 0.350. The van der Waals surface area contributed by atoms with E-state index >= 15 is 0 Å². The van der Waals surface area contributed by atoms with Crippen molar-refractivity contribution in [3.05, 3.63) is 27.8 Å². The fourth-order valence-electron chi connectivity index (χ4n) is 1.17. The van der Waals surface area contributed by atoms with Crippen LogP contribution in [0.1, 0.15) is 6.42 Å². The number of halogens is 1. The monoisotopic (exact) mass is 355 g/mol. The second kappa shape index (κ2) is 6.44. The second-order valence-electron chi connectivity index (χ2n) is 3.47. The Kier molecular flexibility index (Phi) is 5.54. The third-order valence-corrected chi connectivity index (χ3v) is 4.96. The van der Waals surface area contributed by atoms with Gasteiger partial charge in [-0.2, -0.15) is 0 Å². The first-order valence-electron chi connectivity index (χ1n) is 4.91. The summed E-state index contributed by atoms with van der Waals surface area (Å²) in [5.74, 6) is 1.00. The van der Waals surface area contributed by atoms with Gasteiger partial charge in [-0.15, -0.1) is 0 Å². The predicted octanol–water partition coefficient (Wildman–Crippen LogP) is -1.61. The summed E-state index contributed by atoms with van der Waals surface area (Å²) in [7, 11) is -2.86. The van der Waals surface area contributed by atoms with Gasteiger partial charge in [-0.05, 0) is 0 Å². The normalized spacial score (nSPS) is 11.6. The molecule has 0 saturated carbocycles. The zero-order valence-electron chi connectivity index (χ0n) is 9.44. The molecule has 0 aliphatic rings. The number of hydrogen-bond donors (Lipinski definition) is 0. The van der Waals surface area contributed by atoms with Crippen molar-refractivity contribution in [1.82, 2.24) is 0 Å². The molecule has 0 spiro atoms. The van der Waals surface area contributed by atoms with Gasteiger partial charge in [0.1, 0.15) is 0 Å². The van der Waals surface area contributed by atoms with Gasteiger partial charge in [-0.3, -0.25) is 0 Å². The first-order valence-corrected chi connectivity index (χ1v) is 10.2. The predicted molar refractivity (Wildman–Crippen MR) is 60.9 cm³/mol. The Morgan fingerprint density at radius 1 is 1.25 bits per heavy atom. The van der Waals surface area contributed by atoms with Crippen LogP contribution in [0.2, 0.25) is 0 Å². The van der Waals surface area contributed by atoms with E-state index in [1.54, 1.807) is 0 Å². The maximum atomic E-state index is 10.9. The van der Waals surface area contributed by atoms with E-state index in [1.165, 1.54) is 9.83 Å². The summed E-state index contributed by atoms with van der Waals surface area (Å²) in [5, 5.41) is 0. The molecule has 1 aromatic carbocycles. The van der Waals surface area contributed by atoms with Crippen LogP contribution >= 0.6 is 0 Å². The minimum absolute atomic E-state index is 0.129. The Hall–Kier alpha value is -0.300. The zero-order valence-corrected chi connectivity index (χ0v) is 12.4. The van der Waals surface area contributed by atoms with E-state index in [2.05, 4.69) is 17.1 Å². The SMILES string of the molecule is C[I-]c1ccc(OCCCS(C)(=O)=O)cc1. The van der Waals surface area contributed by atoms with Gasteiger partial charge in [-0.1, -0.05) is 0 Å². The number of rotatable bonds is 6. The Labute approximate surface area is 107 Å². The second-order valence-corrected chi connectivity index (χ2v) is 8.06. The van der Waals surface area contributed by atoms with Crippen molar-refractivity contribution in [2.24, 2.45) is 0 Å². The van der Waals surface area contributed by atoms with E-state index in [4.69, 9.17) is 4.74 Å². The Bertz CT molecular complexity index is 411. The summed E-state index contributed by atoms with van der Waals surface area (Å²) in [6.45, 7) is 0.452. The maximum absolute atomic E-state index is 10.9. The third kappa shape index (κ3) is 5.69. The average Bonchev–Trinajstić information content (AvgIpc) is 2.24. The van der Waals surface area contributed by atoms with Gasteiger partial charge in [0.05, 0.1) is 0 Å². The van der Waals surface area contributed by atoms with Crippen molar-refractivity contribution in [1.29, 1.82) is 0 Å². The molecule has 1 rings (SSSR count). The van der Waals surface area contributed by atoms with Crippen molar-refractivity contribution < 1.29 is 34.4 Å². The standard InChI is InChI=1S/C11H16IO3S/c1-12-10-4-6-11(7-5-10)15-8-3-9-16(2,13)14/h4-7H,3,8-9H2,1-2H3/q-1. The van der Waals surface area contributed by atoms with E-state index in [0.717, 1.165) is 5.75 Å². The van der Waals surface area contributed by atoms with Crippen LogP contribution in [0.5, 0.6) is 5.75 Å². The van der Waals surface area contributed by atoms with Gasteiger partial charge in [0.15, 0.2) is 0 Å². The molecule has 0 fully saturated rings. The molecule has 0 N–H and O–H groups in total. The topological polar surface area (TPSA) is 43.4 Å². The summed E-state index contributed by atoms with van der Waals surface area (Å²) in [5.41, 5.74) is 0. The molecule has 0 aliphatic heterocycles. The van der Waals surface area contributed by atoms with Gasteiger partial charge in [0.25, 0.3) is 0 Å². The molecule has 0 radical (unpaired) electrons. The molecule has 0 aromatic heterocycles. The van der Waals surface area contributed by atoms with Gasteiger partial charge in [0.2, 0.25) is 0 Å². The average molecular weight is 355 g/mol. The van der Waals surface area contributed by atoms with Crippen molar-refractivity contribution in [2.75, 3.05) is 23.5 Å². The van der Waals surface area contributed by atoms with Gasteiger partial charge < -0.3 is 0 Å². The summed E-state index contributed by atoms with van der Waals surface area (Å²) < 4.78 is 28.6. The molecule has 5 heteroatoms. The molecule has 0 heterocycles. The van der Waals surface area contributed by atoms with Crippen LogP contribution in [0.25, 0.3) is 0 Å². The van der Waals surface area contributed by atoms with E-state index < -0.39 is 9.84 Å². The van der Waals surface area contributed by atoms with Crippen LogP contribution < -0.4 is 25.9 Å². The van der Waals surface area contributed by atoms with Crippen LogP contribution in [0.3, 0.4) is 0 Å². The molecule has 0 amide bonds. The number of benzene rings is 1. The van der Waals surface area contributed by atoms with Crippen LogP contribution in [0.4, 0.5) is 0 Å². The molecule has 0 saturated heterocycles. The fourth-order valence-corrected chi connectivity index (χ4v) is 2.89. The zero-order chi connectivity index (χ0) is 12.0. The molecular formula is C11H16IO3S-. The molecular weight excluding hydrogens is 339 g/mol. The summed E-state index contributed by atoms with van der Waals surface area (Å²) >= 11 is 0.129. The Balaban J connectivity index is 2.32. The van der Waals surface area contributed by atoms with Crippen LogP contribution in [0.15, 0.2) is 24.3 Å². The molecule has 0 unspecified atom stereocenters. The number of sulfone groups is 1. The van der Waals surface area contributed by atoms with Crippen molar-refractivity contribution >= 4 is 9.84 Å². The van der Waals surface area contributed by atoms with E-state index in [0.29, 0.717) is 13.0 Å². The number of ether oxygens (including phenoxy) is 1. The number of hydrogen-bond acceptors (Lipinski definition) is 3. The first kappa shape index (κ1) is 13.8. The van der Waals surface area contributed by atoms with Crippen molar-refractivity contribution in [3.8, 4) is 5.75 Å². The molecule has 3 nitrogen and oxygen atoms in total. The fraction of sp³-hybridized carbons (Fsp3) is 0.455. The summed E-state index contributed by atoms with van der Waals surface area (Å²) in [6.07, 6.45) is 1.79. The minimum atomic E-state index is -2.86. The van der Waals surface area contributed by atoms with E-state index in [1.807, 2.05) is 12.1 Å². The Morgan fingerprint density at radius 3 is 2.38 bits per heavy atom. The van der Waals surface area contributed by atoms with Gasteiger partial charge >= 0.3 is 108 Å². The van der Waals surface area contributed by atoms with Crippen molar-refractivity contribution in [2.45, 2.75) is 6.42 Å². The van der Waals surface area contributed by atoms with Crippen LogP contribution in [-0.4, -0.2) is 32.0 Å². The first-order chi connectivity index (χ1) is 7.51. The van der Waals surface area contributed by atoms with Crippen molar-refractivity contribution in [3.63, 3.8) is 0 Å². The molecule has 0 bridgehead atoms. The van der Waals surface area contributed by atoms with Crippen LogP contribution in [0, 0.1) is 3.57 Å². The van der Waals surface area contributed by atoms with Gasteiger partial charge in [0, 0.05) is 0 Å². The van der Waals surface area contributed by atoms with E-state index in [-0.39, 0.29) is 27.0 Å². The molecule has 0 aliphatic carbocycles. The van der Waals surface area contributed by atoms with Crippen LogP contribution in [-0.2, 0) is 9.84 Å². The van der Waals surface area contributed by atoms with E-state index in [9.17, 15) is 8.42 Å². The summed E-state index contributed by atoms with van der Waals surface area (Å²) in [6, 6.07) is 8.02. The molecule has 16 heavy (non-hydrogen) atoms. The summed E-state index contributed by atoms with van der Waals surface area (Å²) in [4.78, 5) is 2.21.